The van der Waals surface area contributed by atoms with Gasteiger partial charge in [-0.15, -0.1) is 0 Å². The van der Waals surface area contributed by atoms with Crippen LogP contribution in [0.2, 0.25) is 15.1 Å². The third-order valence-corrected chi connectivity index (χ3v) is 7.36. The molecule has 4 nitrogen and oxygen atoms in total. The first-order valence-corrected chi connectivity index (χ1v) is 12.6. The lowest BCUT2D eigenvalue weighted by Gasteiger charge is -2.32. The molecule has 5 rings (SSSR count). The van der Waals surface area contributed by atoms with E-state index in [0.29, 0.717) is 15.7 Å². The zero-order chi connectivity index (χ0) is 23.7. The Bertz CT molecular complexity index is 1210. The molecule has 0 bridgehead atoms. The van der Waals surface area contributed by atoms with Gasteiger partial charge >= 0.3 is 6.03 Å². The smallest absolute Gasteiger partial charge is 0.306 e. The first-order chi connectivity index (χ1) is 16.5. The van der Waals surface area contributed by atoms with Gasteiger partial charge in [0.25, 0.3) is 0 Å². The minimum Gasteiger partial charge on any atom is -0.306 e. The molecule has 3 aromatic carbocycles. The Hall–Kier alpha value is -2.53. The predicted octanol–water partition coefficient (Wildman–Crippen LogP) is 8.25. The van der Waals surface area contributed by atoms with Crippen LogP contribution in [0, 0.1) is 11.8 Å². The number of carbonyl (C=O) groups excluding carboxylic acids is 1. The van der Waals surface area contributed by atoms with Crippen LogP contribution in [0.4, 0.5) is 10.5 Å². The van der Waals surface area contributed by atoms with Gasteiger partial charge in [0.1, 0.15) is 0 Å². The monoisotopic (exact) mass is 511 g/mol. The van der Waals surface area contributed by atoms with Crippen LogP contribution in [0.5, 0.6) is 0 Å². The molecule has 3 atom stereocenters. The molecular formula is C27H24Cl3N3O. The van der Waals surface area contributed by atoms with Gasteiger partial charge in [0, 0.05) is 38.3 Å². The fraction of sp³-hybridized carbons (Fsp3) is 0.259. The number of fused-ring (bicyclic) bond motifs is 1. The quantitative estimate of drug-likeness (QED) is 0.376. The van der Waals surface area contributed by atoms with Gasteiger partial charge in [-0.05, 0) is 72.9 Å². The number of hydrazone groups is 1. The predicted molar refractivity (Wildman–Crippen MR) is 140 cm³/mol. The number of amides is 2. The number of carbonyl (C=O) groups is 1. The Balaban J connectivity index is 1.47. The molecule has 1 saturated carbocycles. The molecule has 1 aliphatic heterocycles. The minimum atomic E-state index is -0.269. The standard InChI is InChI=1S/C27H24Cl3N3O/c28-20-11-7-17(8-12-20)15-19-3-1-6-24-25(19)32-33(26(24)18-9-13-21(29)14-10-18)27(34)31-23-5-2-4-22(30)16-23/h2,4-5,7-14,16,19,24,26H,1,3,6,15H2,(H,31,34). The summed E-state index contributed by atoms with van der Waals surface area (Å²) in [5, 5.41) is 11.5. The van der Waals surface area contributed by atoms with Crippen molar-refractivity contribution in [2.24, 2.45) is 16.9 Å². The number of anilines is 1. The topological polar surface area (TPSA) is 44.7 Å². The summed E-state index contributed by atoms with van der Waals surface area (Å²) < 4.78 is 0. The summed E-state index contributed by atoms with van der Waals surface area (Å²) in [4.78, 5) is 13.4. The van der Waals surface area contributed by atoms with Crippen molar-refractivity contribution in [1.82, 2.24) is 5.01 Å². The largest absolute Gasteiger partial charge is 0.342 e. The Labute approximate surface area is 214 Å². The molecule has 0 aromatic heterocycles. The lowest BCUT2D eigenvalue weighted by atomic mass is 9.73. The van der Waals surface area contributed by atoms with E-state index in [1.54, 1.807) is 17.1 Å². The minimum absolute atomic E-state index is 0.164. The van der Waals surface area contributed by atoms with Crippen LogP contribution in [0.25, 0.3) is 0 Å². The van der Waals surface area contributed by atoms with E-state index in [2.05, 4.69) is 17.4 Å². The zero-order valence-corrected chi connectivity index (χ0v) is 20.7. The Morgan fingerprint density at radius 1 is 0.912 bits per heavy atom. The van der Waals surface area contributed by atoms with Gasteiger partial charge in [-0.3, -0.25) is 0 Å². The highest BCUT2D eigenvalue weighted by Gasteiger charge is 2.45. The van der Waals surface area contributed by atoms with Crippen molar-refractivity contribution in [3.05, 3.63) is 99.0 Å². The average Bonchev–Trinajstić information content (AvgIpc) is 3.22. The van der Waals surface area contributed by atoms with Crippen molar-refractivity contribution in [2.75, 3.05) is 5.32 Å². The molecule has 3 unspecified atom stereocenters. The van der Waals surface area contributed by atoms with Crippen LogP contribution < -0.4 is 5.32 Å². The summed E-state index contributed by atoms with van der Waals surface area (Å²) in [6.07, 6.45) is 4.01. The molecule has 34 heavy (non-hydrogen) atoms. The maximum atomic E-state index is 13.4. The summed E-state index contributed by atoms with van der Waals surface area (Å²) in [5.74, 6) is 0.441. The molecule has 0 radical (unpaired) electrons. The van der Waals surface area contributed by atoms with Gasteiger partial charge in [-0.1, -0.05) is 71.6 Å². The van der Waals surface area contributed by atoms with Crippen LogP contribution in [0.1, 0.15) is 36.4 Å². The SMILES string of the molecule is O=C(Nc1cccc(Cl)c1)N1N=C2C(Cc3ccc(Cl)cc3)CCCC2C1c1ccc(Cl)cc1. The van der Waals surface area contributed by atoms with E-state index in [1.807, 2.05) is 48.5 Å². The number of nitrogens with zero attached hydrogens (tertiary/aromatic N) is 2. The number of benzene rings is 3. The molecular weight excluding hydrogens is 489 g/mol. The van der Waals surface area contributed by atoms with Crippen LogP contribution >= 0.6 is 34.8 Å². The highest BCUT2D eigenvalue weighted by molar-refractivity contribution is 6.31. The van der Waals surface area contributed by atoms with Crippen molar-refractivity contribution in [3.63, 3.8) is 0 Å². The van der Waals surface area contributed by atoms with Crippen molar-refractivity contribution in [1.29, 1.82) is 0 Å². The molecule has 1 heterocycles. The summed E-state index contributed by atoms with van der Waals surface area (Å²) in [7, 11) is 0. The molecule has 174 valence electrons. The van der Waals surface area contributed by atoms with Crippen molar-refractivity contribution in [3.8, 4) is 0 Å². The first-order valence-electron chi connectivity index (χ1n) is 11.4. The fourth-order valence-electron chi connectivity index (χ4n) is 5.08. The summed E-state index contributed by atoms with van der Waals surface area (Å²) >= 11 is 18.4. The molecule has 1 fully saturated rings. The highest BCUT2D eigenvalue weighted by atomic mass is 35.5. The van der Waals surface area contributed by atoms with Crippen LogP contribution in [-0.2, 0) is 6.42 Å². The summed E-state index contributed by atoms with van der Waals surface area (Å²) in [6, 6.07) is 22.4. The van der Waals surface area contributed by atoms with E-state index in [0.717, 1.165) is 42.0 Å². The van der Waals surface area contributed by atoms with Crippen molar-refractivity contribution >= 4 is 52.2 Å². The Kier molecular flexibility index (Phi) is 6.82. The number of nitrogens with one attached hydrogen (secondary N) is 1. The zero-order valence-electron chi connectivity index (χ0n) is 18.4. The summed E-state index contributed by atoms with van der Waals surface area (Å²) in [6.45, 7) is 0. The van der Waals surface area contributed by atoms with E-state index in [4.69, 9.17) is 39.9 Å². The van der Waals surface area contributed by atoms with Crippen LogP contribution in [0.3, 0.4) is 0 Å². The highest BCUT2D eigenvalue weighted by Crippen LogP contribution is 2.45. The van der Waals surface area contributed by atoms with E-state index in [-0.39, 0.29) is 23.9 Å². The number of hydrogen-bond acceptors (Lipinski definition) is 2. The van der Waals surface area contributed by atoms with Gasteiger partial charge in [0.2, 0.25) is 0 Å². The molecule has 3 aromatic rings. The number of rotatable bonds is 4. The third-order valence-electron chi connectivity index (χ3n) is 6.62. The Morgan fingerprint density at radius 2 is 1.62 bits per heavy atom. The van der Waals surface area contributed by atoms with Crippen molar-refractivity contribution in [2.45, 2.75) is 31.7 Å². The number of hydrogen-bond donors (Lipinski definition) is 1. The maximum Gasteiger partial charge on any atom is 0.342 e. The number of urea groups is 1. The lowest BCUT2D eigenvalue weighted by molar-refractivity contribution is 0.187. The molecule has 7 heteroatoms. The number of halogens is 3. The molecule has 1 aliphatic carbocycles. The normalized spacial score (nSPS) is 21.7. The molecule has 1 N–H and O–H groups in total. The molecule has 0 saturated heterocycles. The van der Waals surface area contributed by atoms with Crippen LogP contribution in [-0.4, -0.2) is 16.8 Å². The van der Waals surface area contributed by atoms with Crippen molar-refractivity contribution < 1.29 is 4.79 Å². The maximum absolute atomic E-state index is 13.4. The van der Waals surface area contributed by atoms with Crippen LogP contribution in [0.15, 0.2) is 77.9 Å². The second-order valence-corrected chi connectivity index (χ2v) is 10.2. The Morgan fingerprint density at radius 3 is 2.32 bits per heavy atom. The molecule has 2 amide bonds. The second-order valence-electron chi connectivity index (χ2n) is 8.87. The fourth-order valence-corrected chi connectivity index (χ4v) is 5.52. The first kappa shape index (κ1) is 23.2. The molecule has 2 aliphatic rings. The van der Waals surface area contributed by atoms with Gasteiger partial charge in [-0.25, -0.2) is 9.80 Å². The lowest BCUT2D eigenvalue weighted by Crippen LogP contribution is -2.35. The van der Waals surface area contributed by atoms with E-state index in [1.165, 1.54) is 5.56 Å². The van der Waals surface area contributed by atoms with Gasteiger partial charge in [0.15, 0.2) is 0 Å². The molecule has 0 spiro atoms. The van der Waals surface area contributed by atoms with Gasteiger partial charge < -0.3 is 5.32 Å². The second kappa shape index (κ2) is 9.99. The average molecular weight is 513 g/mol. The van der Waals surface area contributed by atoms with Gasteiger partial charge in [0.05, 0.1) is 6.04 Å². The van der Waals surface area contributed by atoms with E-state index < -0.39 is 0 Å². The summed E-state index contributed by atoms with van der Waals surface area (Å²) in [5.41, 5.74) is 3.99. The van der Waals surface area contributed by atoms with Gasteiger partial charge in [-0.2, -0.15) is 5.10 Å². The van der Waals surface area contributed by atoms with E-state index >= 15 is 0 Å². The third kappa shape index (κ3) is 4.95. The van der Waals surface area contributed by atoms with E-state index in [9.17, 15) is 4.79 Å².